The van der Waals surface area contributed by atoms with Crippen molar-refractivity contribution in [3.8, 4) is 23.3 Å². The number of hydrogen-bond donors (Lipinski definition) is 2. The van der Waals surface area contributed by atoms with Crippen molar-refractivity contribution in [3.05, 3.63) is 82.6 Å². The molecule has 0 aromatic heterocycles. The number of nitrogens with zero attached hydrogens (tertiary/aromatic N) is 1. The number of carbonyl (C=O) groups excluding carboxylic acids is 2. The summed E-state index contributed by atoms with van der Waals surface area (Å²) in [5, 5.41) is 14.9. The first-order valence-electron chi connectivity index (χ1n) is 11.0. The van der Waals surface area contributed by atoms with Gasteiger partial charge in [-0.15, -0.1) is 0 Å². The van der Waals surface area contributed by atoms with Gasteiger partial charge < -0.3 is 24.8 Å². The van der Waals surface area contributed by atoms with Gasteiger partial charge >= 0.3 is 0 Å². The van der Waals surface area contributed by atoms with Crippen LogP contribution in [0.5, 0.6) is 17.2 Å². The minimum absolute atomic E-state index is 0.111. The van der Waals surface area contributed by atoms with Crippen molar-refractivity contribution in [2.45, 2.75) is 6.92 Å². The van der Waals surface area contributed by atoms with Crippen LogP contribution in [0, 0.1) is 17.1 Å². The molecule has 0 radical (unpaired) electrons. The number of hydrogen-bond acceptors (Lipinski definition) is 6. The summed E-state index contributed by atoms with van der Waals surface area (Å²) in [6.45, 7) is 1.63. The minimum atomic E-state index is -0.612. The summed E-state index contributed by atoms with van der Waals surface area (Å²) in [6, 6.07) is 16.8. The number of carbonyl (C=O) groups is 2. The van der Waals surface area contributed by atoms with Crippen LogP contribution < -0.4 is 24.8 Å². The van der Waals surface area contributed by atoms with E-state index in [1.54, 1.807) is 37.3 Å². The molecule has 2 amide bonds. The predicted octanol–water partition coefficient (Wildman–Crippen LogP) is 5.45. The van der Waals surface area contributed by atoms with Crippen LogP contribution in [0.1, 0.15) is 12.5 Å². The minimum Gasteiger partial charge on any atom is -0.497 e. The molecule has 0 aliphatic rings. The third kappa shape index (κ3) is 7.72. The third-order valence-corrected chi connectivity index (χ3v) is 5.11. The quantitative estimate of drug-likeness (QED) is 0.270. The van der Waals surface area contributed by atoms with Crippen LogP contribution >= 0.6 is 11.6 Å². The average molecular weight is 524 g/mol. The first-order chi connectivity index (χ1) is 17.8. The molecule has 0 unspecified atom stereocenters. The second-order valence-electron chi connectivity index (χ2n) is 7.46. The zero-order valence-electron chi connectivity index (χ0n) is 20.0. The normalized spacial score (nSPS) is 10.7. The molecule has 0 fully saturated rings. The Bertz CT molecular complexity index is 1340. The molecule has 0 atom stereocenters. The standard InChI is InChI=1S/C27H23ClFN3O5/c1-3-36-24-14-17(12-18(15-30)27(34)32-21-8-10-22(35-2)11-9-21)13-23(28)26(24)37-16-25(33)31-20-6-4-19(29)5-7-20/h4-14H,3,16H2,1-2H3,(H,31,33)(H,32,34)/b18-12-. The highest BCUT2D eigenvalue weighted by Crippen LogP contribution is 2.37. The number of amides is 2. The zero-order valence-corrected chi connectivity index (χ0v) is 20.8. The van der Waals surface area contributed by atoms with Gasteiger partial charge in [0, 0.05) is 11.4 Å². The molecule has 2 N–H and O–H groups in total. The number of anilines is 2. The first kappa shape index (κ1) is 27.0. The summed E-state index contributed by atoms with van der Waals surface area (Å²) in [5.41, 5.74) is 1.14. The second-order valence-corrected chi connectivity index (χ2v) is 7.87. The number of benzene rings is 3. The first-order valence-corrected chi connectivity index (χ1v) is 11.4. The van der Waals surface area contributed by atoms with E-state index in [-0.39, 0.29) is 35.3 Å². The number of halogens is 2. The third-order valence-electron chi connectivity index (χ3n) is 4.83. The van der Waals surface area contributed by atoms with Crippen LogP contribution in [-0.2, 0) is 9.59 Å². The van der Waals surface area contributed by atoms with Crippen molar-refractivity contribution in [3.63, 3.8) is 0 Å². The van der Waals surface area contributed by atoms with Crippen molar-refractivity contribution in [2.24, 2.45) is 0 Å². The fourth-order valence-corrected chi connectivity index (χ4v) is 3.40. The van der Waals surface area contributed by atoms with Crippen molar-refractivity contribution in [1.29, 1.82) is 5.26 Å². The van der Waals surface area contributed by atoms with E-state index in [9.17, 15) is 19.2 Å². The lowest BCUT2D eigenvalue weighted by Crippen LogP contribution is -2.20. The van der Waals surface area contributed by atoms with E-state index < -0.39 is 17.6 Å². The summed E-state index contributed by atoms with van der Waals surface area (Å²) in [7, 11) is 1.53. The topological polar surface area (TPSA) is 110 Å². The van der Waals surface area contributed by atoms with Crippen LogP contribution in [0.2, 0.25) is 5.02 Å². The number of ether oxygens (including phenoxy) is 3. The molecule has 37 heavy (non-hydrogen) atoms. The van der Waals surface area contributed by atoms with Crippen molar-refractivity contribution >= 4 is 40.9 Å². The molecule has 0 bridgehead atoms. The maximum absolute atomic E-state index is 13.0. The Kier molecular flexibility index (Phi) is 9.47. The van der Waals surface area contributed by atoms with Gasteiger partial charge in [-0.25, -0.2) is 4.39 Å². The maximum Gasteiger partial charge on any atom is 0.266 e. The Balaban J connectivity index is 1.75. The predicted molar refractivity (Wildman–Crippen MR) is 138 cm³/mol. The van der Waals surface area contributed by atoms with E-state index in [0.29, 0.717) is 22.7 Å². The van der Waals surface area contributed by atoms with E-state index >= 15 is 0 Å². The summed E-state index contributed by atoms with van der Waals surface area (Å²) >= 11 is 6.39. The Morgan fingerprint density at radius 2 is 1.68 bits per heavy atom. The molecule has 0 saturated heterocycles. The second kappa shape index (κ2) is 13.0. The molecule has 0 aliphatic carbocycles. The monoisotopic (exact) mass is 523 g/mol. The molecule has 3 rings (SSSR count). The summed E-state index contributed by atoms with van der Waals surface area (Å²) in [6.07, 6.45) is 1.36. The molecule has 0 saturated carbocycles. The van der Waals surface area contributed by atoms with Crippen molar-refractivity contribution < 1.29 is 28.2 Å². The Labute approximate surface area is 218 Å². The summed E-state index contributed by atoms with van der Waals surface area (Å²) in [5.74, 6) is -0.549. The number of rotatable bonds is 10. The Morgan fingerprint density at radius 1 is 1.03 bits per heavy atom. The molecular weight excluding hydrogens is 501 g/mol. The lowest BCUT2D eigenvalue weighted by Gasteiger charge is -2.14. The SMILES string of the molecule is CCOc1cc(/C=C(/C#N)C(=O)Nc2ccc(OC)cc2)cc(Cl)c1OCC(=O)Nc1ccc(F)cc1. The molecule has 3 aromatic rings. The van der Waals surface area contributed by atoms with Gasteiger partial charge in [-0.3, -0.25) is 9.59 Å². The van der Waals surface area contributed by atoms with Crippen LogP contribution in [0.3, 0.4) is 0 Å². The lowest BCUT2D eigenvalue weighted by atomic mass is 10.1. The van der Waals surface area contributed by atoms with Gasteiger partial charge in [0.05, 0.1) is 18.7 Å². The van der Waals surface area contributed by atoms with Gasteiger partial charge in [0.1, 0.15) is 23.2 Å². The Morgan fingerprint density at radius 3 is 2.30 bits per heavy atom. The molecule has 190 valence electrons. The van der Waals surface area contributed by atoms with Crippen LogP contribution in [0.4, 0.5) is 15.8 Å². The van der Waals surface area contributed by atoms with E-state index in [0.717, 1.165) is 0 Å². The molecule has 0 aliphatic heterocycles. The van der Waals surface area contributed by atoms with Crippen LogP contribution in [0.15, 0.2) is 66.2 Å². The number of methoxy groups -OCH3 is 1. The fourth-order valence-electron chi connectivity index (χ4n) is 3.13. The summed E-state index contributed by atoms with van der Waals surface area (Å²) < 4.78 is 29.3. The van der Waals surface area contributed by atoms with Crippen molar-refractivity contribution in [1.82, 2.24) is 0 Å². The van der Waals surface area contributed by atoms with Crippen LogP contribution in [-0.4, -0.2) is 32.1 Å². The van der Waals surface area contributed by atoms with E-state index in [1.807, 2.05) is 6.07 Å². The van der Waals surface area contributed by atoms with E-state index in [2.05, 4.69) is 10.6 Å². The molecule has 0 spiro atoms. The average Bonchev–Trinajstić information content (AvgIpc) is 2.88. The highest BCUT2D eigenvalue weighted by molar-refractivity contribution is 6.32. The van der Waals surface area contributed by atoms with E-state index in [4.69, 9.17) is 25.8 Å². The van der Waals surface area contributed by atoms with Gasteiger partial charge in [0.2, 0.25) is 0 Å². The Hall–Kier alpha value is -4.55. The molecular formula is C27H23ClFN3O5. The zero-order chi connectivity index (χ0) is 26.8. The highest BCUT2D eigenvalue weighted by atomic mass is 35.5. The smallest absolute Gasteiger partial charge is 0.266 e. The number of nitriles is 1. The molecule has 10 heteroatoms. The van der Waals surface area contributed by atoms with E-state index in [1.165, 1.54) is 43.5 Å². The maximum atomic E-state index is 13.0. The lowest BCUT2D eigenvalue weighted by molar-refractivity contribution is -0.118. The van der Waals surface area contributed by atoms with Gasteiger partial charge in [-0.1, -0.05) is 11.6 Å². The van der Waals surface area contributed by atoms with Gasteiger partial charge in [0.15, 0.2) is 18.1 Å². The molecule has 3 aromatic carbocycles. The molecule has 0 heterocycles. The number of nitrogens with one attached hydrogen (secondary N) is 2. The fraction of sp³-hybridized carbons (Fsp3) is 0.148. The van der Waals surface area contributed by atoms with Gasteiger partial charge in [-0.05, 0) is 79.2 Å². The van der Waals surface area contributed by atoms with Crippen molar-refractivity contribution in [2.75, 3.05) is 31.0 Å². The van der Waals surface area contributed by atoms with Gasteiger partial charge in [0.25, 0.3) is 11.8 Å². The largest absolute Gasteiger partial charge is 0.497 e. The summed E-state index contributed by atoms with van der Waals surface area (Å²) in [4.78, 5) is 24.9. The highest BCUT2D eigenvalue weighted by Gasteiger charge is 2.16. The van der Waals surface area contributed by atoms with Gasteiger partial charge in [-0.2, -0.15) is 5.26 Å². The van der Waals surface area contributed by atoms with Crippen LogP contribution in [0.25, 0.3) is 6.08 Å². The molecule has 8 nitrogen and oxygen atoms in total.